The quantitative estimate of drug-likeness (QED) is 0.413. The predicted molar refractivity (Wildman–Crippen MR) is 43.6 cm³/mol. The highest BCUT2D eigenvalue weighted by atomic mass is 28.2. The molecule has 60 valence electrons. The molecule has 4 N–H and O–H groups in total. The number of rotatable bonds is 6. The Balaban J connectivity index is 2.77. The summed E-state index contributed by atoms with van der Waals surface area (Å²) in [6.45, 7) is 3.50. The lowest BCUT2D eigenvalue weighted by atomic mass is 10.3. The molecule has 0 rings (SSSR count). The highest BCUT2D eigenvalue weighted by Crippen LogP contribution is 1.86. The first kappa shape index (κ1) is 10.1. The average Bonchev–Trinajstić information content (AvgIpc) is 1.87. The molecule has 0 aromatic carbocycles. The topological polar surface area (TPSA) is 61.3 Å². The number of nitrogens with two attached hydrogens (primary N) is 2. The van der Waals surface area contributed by atoms with Crippen LogP contribution in [-0.4, -0.2) is 28.6 Å². The summed E-state index contributed by atoms with van der Waals surface area (Å²) >= 11 is 0. The number of hydrogen-bond acceptors (Lipinski definition) is 3. The Morgan fingerprint density at radius 1 is 1.50 bits per heavy atom. The van der Waals surface area contributed by atoms with Gasteiger partial charge in [0.25, 0.3) is 0 Å². The van der Waals surface area contributed by atoms with E-state index in [1.54, 1.807) is 0 Å². The minimum atomic E-state index is 0.179. The lowest BCUT2D eigenvalue weighted by Crippen LogP contribution is -2.25. The predicted octanol–water partition coefficient (Wildman–Crippen LogP) is -0.334. The third-order valence-corrected chi connectivity index (χ3v) is 1.71. The van der Waals surface area contributed by atoms with Crippen molar-refractivity contribution in [3.05, 3.63) is 0 Å². The van der Waals surface area contributed by atoms with Crippen molar-refractivity contribution in [2.45, 2.75) is 25.4 Å². The van der Waals surface area contributed by atoms with Gasteiger partial charge in [-0.3, -0.25) is 0 Å². The lowest BCUT2D eigenvalue weighted by molar-refractivity contribution is 0.320. The van der Waals surface area contributed by atoms with E-state index in [-0.39, 0.29) is 5.67 Å². The van der Waals surface area contributed by atoms with E-state index in [1.807, 2.05) is 6.92 Å². The van der Waals surface area contributed by atoms with Gasteiger partial charge in [0, 0.05) is 12.3 Å². The molecule has 0 aliphatic heterocycles. The van der Waals surface area contributed by atoms with Crippen molar-refractivity contribution < 1.29 is 4.43 Å². The molecule has 0 aromatic rings. The fraction of sp³-hybridized carbons (Fsp3) is 1.00. The van der Waals surface area contributed by atoms with Crippen molar-refractivity contribution >= 4 is 9.76 Å². The van der Waals surface area contributed by atoms with E-state index < -0.39 is 0 Å². The molecular weight excluding hydrogens is 144 g/mol. The molecule has 0 saturated heterocycles. The molecule has 3 nitrogen and oxygen atoms in total. The van der Waals surface area contributed by atoms with E-state index in [0.29, 0.717) is 9.76 Å². The molecule has 4 heteroatoms. The molecule has 0 amide bonds. The zero-order valence-corrected chi connectivity index (χ0v) is 7.47. The van der Waals surface area contributed by atoms with Gasteiger partial charge in [-0.25, -0.2) is 0 Å². The van der Waals surface area contributed by atoms with E-state index in [1.165, 1.54) is 0 Å². The summed E-state index contributed by atoms with van der Waals surface area (Å²) in [5.74, 6) is 0. The van der Waals surface area contributed by atoms with Crippen LogP contribution in [0.2, 0.25) is 0 Å². The molecule has 1 unspecified atom stereocenters. The first-order valence-corrected chi connectivity index (χ1v) is 4.59. The van der Waals surface area contributed by atoms with E-state index >= 15 is 0 Å². The first-order valence-electron chi connectivity index (χ1n) is 3.60. The van der Waals surface area contributed by atoms with Crippen LogP contribution in [0, 0.1) is 0 Å². The Morgan fingerprint density at radius 2 is 2.20 bits per heavy atom. The van der Waals surface area contributed by atoms with Gasteiger partial charge in [0.1, 0.15) is 0 Å². The van der Waals surface area contributed by atoms with Gasteiger partial charge in [-0.05, 0) is 19.4 Å². The Labute approximate surface area is 65.1 Å². The van der Waals surface area contributed by atoms with Crippen LogP contribution in [-0.2, 0) is 4.43 Å². The molecule has 2 radical (unpaired) electrons. The normalized spacial score (nSPS) is 13.5. The number of unbranched alkanes of at least 4 members (excludes halogenated alkanes) is 1. The van der Waals surface area contributed by atoms with Gasteiger partial charge < -0.3 is 15.9 Å². The summed E-state index contributed by atoms with van der Waals surface area (Å²) < 4.78 is 5.24. The molecule has 1 atom stereocenters. The van der Waals surface area contributed by atoms with Gasteiger partial charge in [0.05, 0.1) is 0 Å². The van der Waals surface area contributed by atoms with Crippen molar-refractivity contribution in [2.75, 3.05) is 13.2 Å². The second kappa shape index (κ2) is 7.21. The zero-order chi connectivity index (χ0) is 7.82. The van der Waals surface area contributed by atoms with Crippen LogP contribution in [0.5, 0.6) is 0 Å². The van der Waals surface area contributed by atoms with Crippen molar-refractivity contribution in [3.63, 3.8) is 0 Å². The summed E-state index contributed by atoms with van der Waals surface area (Å²) in [5.41, 5.74) is 10.9. The van der Waals surface area contributed by atoms with Crippen LogP contribution in [0.15, 0.2) is 0 Å². The molecule has 0 saturated carbocycles. The number of hydrogen-bond donors (Lipinski definition) is 2. The van der Waals surface area contributed by atoms with E-state index in [2.05, 4.69) is 0 Å². The van der Waals surface area contributed by atoms with Gasteiger partial charge in [-0.2, -0.15) is 0 Å². The van der Waals surface area contributed by atoms with Gasteiger partial charge in [-0.15, -0.1) is 0 Å². The van der Waals surface area contributed by atoms with Crippen LogP contribution in [0.4, 0.5) is 0 Å². The largest absolute Gasteiger partial charge is 0.416 e. The van der Waals surface area contributed by atoms with Crippen molar-refractivity contribution in [1.29, 1.82) is 0 Å². The lowest BCUT2D eigenvalue weighted by Gasteiger charge is -2.03. The summed E-state index contributed by atoms with van der Waals surface area (Å²) in [6.07, 6.45) is 2.10. The van der Waals surface area contributed by atoms with Crippen LogP contribution >= 0.6 is 0 Å². The maximum Gasteiger partial charge on any atom is 0.247 e. The Hall–Kier alpha value is 0.0969. The highest BCUT2D eigenvalue weighted by Gasteiger charge is 1.95. The van der Waals surface area contributed by atoms with Crippen LogP contribution in [0.1, 0.15) is 19.8 Å². The minimum absolute atomic E-state index is 0.179. The standard InChI is InChI=1S/C6H16N2OSi/c1-6(8)10-9-5-3-2-4-7/h6H,2-5,7-8H2,1H3. The molecule has 0 spiro atoms. The van der Waals surface area contributed by atoms with Crippen LogP contribution < -0.4 is 11.5 Å². The van der Waals surface area contributed by atoms with Crippen molar-refractivity contribution in [1.82, 2.24) is 0 Å². The molecular formula is C6H16N2OSi. The Bertz CT molecular complexity index is 70.8. The fourth-order valence-electron chi connectivity index (χ4n) is 0.509. The Kier molecular flexibility index (Phi) is 7.28. The maximum atomic E-state index is 5.47. The molecule has 0 aliphatic carbocycles. The average molecular weight is 160 g/mol. The summed E-state index contributed by atoms with van der Waals surface area (Å²) in [7, 11) is 0.437. The van der Waals surface area contributed by atoms with Crippen LogP contribution in [0.3, 0.4) is 0 Å². The molecule has 0 aromatic heterocycles. The third kappa shape index (κ3) is 8.10. The molecule has 0 bridgehead atoms. The van der Waals surface area contributed by atoms with E-state index in [0.717, 1.165) is 26.0 Å². The van der Waals surface area contributed by atoms with Gasteiger partial charge in [-0.1, -0.05) is 6.92 Å². The molecule has 0 aliphatic rings. The monoisotopic (exact) mass is 160 g/mol. The molecule has 0 fully saturated rings. The Morgan fingerprint density at radius 3 is 2.70 bits per heavy atom. The van der Waals surface area contributed by atoms with Gasteiger partial charge in [0.2, 0.25) is 9.76 Å². The summed E-state index contributed by atoms with van der Waals surface area (Å²) in [6, 6.07) is 0. The second-order valence-corrected chi connectivity index (χ2v) is 3.69. The summed E-state index contributed by atoms with van der Waals surface area (Å²) in [5, 5.41) is 0. The van der Waals surface area contributed by atoms with Gasteiger partial charge >= 0.3 is 0 Å². The molecule has 0 heterocycles. The maximum absolute atomic E-state index is 5.47. The van der Waals surface area contributed by atoms with Crippen molar-refractivity contribution in [3.8, 4) is 0 Å². The van der Waals surface area contributed by atoms with Gasteiger partial charge in [0.15, 0.2) is 0 Å². The third-order valence-electron chi connectivity index (χ3n) is 0.970. The zero-order valence-electron chi connectivity index (χ0n) is 6.47. The van der Waals surface area contributed by atoms with E-state index in [4.69, 9.17) is 15.9 Å². The highest BCUT2D eigenvalue weighted by molar-refractivity contribution is 6.29. The van der Waals surface area contributed by atoms with Crippen LogP contribution in [0.25, 0.3) is 0 Å². The minimum Gasteiger partial charge on any atom is -0.416 e. The van der Waals surface area contributed by atoms with Crippen molar-refractivity contribution in [2.24, 2.45) is 11.5 Å². The van der Waals surface area contributed by atoms with E-state index in [9.17, 15) is 0 Å². The summed E-state index contributed by atoms with van der Waals surface area (Å²) in [4.78, 5) is 0. The smallest absolute Gasteiger partial charge is 0.247 e. The SMILES string of the molecule is CC(N)[Si]OCCCCN. The second-order valence-electron chi connectivity index (χ2n) is 2.25. The molecule has 10 heavy (non-hydrogen) atoms. The fourth-order valence-corrected chi connectivity index (χ4v) is 1.03. The first-order chi connectivity index (χ1) is 4.77.